The number of hydrogen-bond acceptors (Lipinski definition) is 2. The van der Waals surface area contributed by atoms with Crippen LogP contribution in [0.2, 0.25) is 0 Å². The standard InChI is InChI=1S/C15H13NO2/c1-18-16-13-10-6-5-9-12(13)14(15(16)17)11-7-3-2-4-8-11/h2-10,14H,1H3/t14-/m1/s1. The lowest BCUT2D eigenvalue weighted by molar-refractivity contribution is -0.124. The molecule has 3 nitrogen and oxygen atoms in total. The number of carbonyl (C=O) groups is 1. The van der Waals surface area contributed by atoms with Crippen LogP contribution in [0.1, 0.15) is 17.0 Å². The number of fused-ring (bicyclic) bond motifs is 1. The first-order valence-electron chi connectivity index (χ1n) is 5.85. The second-order valence-electron chi connectivity index (χ2n) is 4.22. The molecule has 3 rings (SSSR count). The maximum atomic E-state index is 12.4. The highest BCUT2D eigenvalue weighted by atomic mass is 16.7. The third-order valence-corrected chi connectivity index (χ3v) is 3.23. The molecule has 90 valence electrons. The molecule has 0 spiro atoms. The number of hydrogen-bond donors (Lipinski definition) is 0. The van der Waals surface area contributed by atoms with Crippen molar-refractivity contribution in [1.29, 1.82) is 0 Å². The lowest BCUT2D eigenvalue weighted by Gasteiger charge is -2.14. The van der Waals surface area contributed by atoms with Gasteiger partial charge < -0.3 is 0 Å². The van der Waals surface area contributed by atoms with Gasteiger partial charge in [-0.05, 0) is 17.2 Å². The molecule has 1 aliphatic rings. The largest absolute Gasteiger partial charge is 0.271 e. The molecule has 1 heterocycles. The number of nitrogens with zero attached hydrogens (tertiary/aromatic N) is 1. The summed E-state index contributed by atoms with van der Waals surface area (Å²) < 4.78 is 0. The van der Waals surface area contributed by atoms with Gasteiger partial charge in [-0.15, -0.1) is 0 Å². The Hall–Kier alpha value is -2.13. The van der Waals surface area contributed by atoms with E-state index in [0.29, 0.717) is 0 Å². The molecule has 0 N–H and O–H groups in total. The molecule has 1 atom stereocenters. The van der Waals surface area contributed by atoms with E-state index in [2.05, 4.69) is 0 Å². The average Bonchev–Trinajstić information content (AvgIpc) is 2.71. The van der Waals surface area contributed by atoms with Crippen molar-refractivity contribution in [3.63, 3.8) is 0 Å². The van der Waals surface area contributed by atoms with Crippen molar-refractivity contribution in [2.75, 3.05) is 12.2 Å². The third-order valence-electron chi connectivity index (χ3n) is 3.23. The smallest absolute Gasteiger partial charge is 0.262 e. The molecule has 0 unspecified atom stereocenters. The molecule has 2 aromatic rings. The highest BCUT2D eigenvalue weighted by Gasteiger charge is 2.38. The average molecular weight is 239 g/mol. The van der Waals surface area contributed by atoms with Crippen molar-refractivity contribution < 1.29 is 9.63 Å². The van der Waals surface area contributed by atoms with E-state index in [0.717, 1.165) is 16.8 Å². The van der Waals surface area contributed by atoms with Gasteiger partial charge in [-0.2, -0.15) is 5.06 Å². The molecule has 1 aliphatic heterocycles. The fourth-order valence-corrected chi connectivity index (χ4v) is 2.44. The predicted octanol–water partition coefficient (Wildman–Crippen LogP) is 2.73. The molecular formula is C15H13NO2. The highest BCUT2D eigenvalue weighted by Crippen LogP contribution is 2.40. The number of carbonyl (C=O) groups excluding carboxylic acids is 1. The molecule has 0 fully saturated rings. The van der Waals surface area contributed by atoms with E-state index >= 15 is 0 Å². The first kappa shape index (κ1) is 11.0. The quantitative estimate of drug-likeness (QED) is 0.806. The molecule has 0 aliphatic carbocycles. The summed E-state index contributed by atoms with van der Waals surface area (Å²) in [5, 5.41) is 1.37. The molecule has 1 amide bonds. The molecule has 0 radical (unpaired) electrons. The van der Waals surface area contributed by atoms with Crippen molar-refractivity contribution in [3.8, 4) is 0 Å². The minimum atomic E-state index is -0.262. The van der Waals surface area contributed by atoms with Crippen LogP contribution in [0.4, 0.5) is 5.69 Å². The van der Waals surface area contributed by atoms with Gasteiger partial charge in [0.05, 0.1) is 18.7 Å². The van der Waals surface area contributed by atoms with Gasteiger partial charge in [-0.1, -0.05) is 48.5 Å². The van der Waals surface area contributed by atoms with Crippen LogP contribution in [-0.4, -0.2) is 13.0 Å². The minimum Gasteiger partial charge on any atom is -0.271 e. The summed E-state index contributed by atoms with van der Waals surface area (Å²) in [4.78, 5) is 17.6. The number of rotatable bonds is 2. The molecule has 0 aromatic heterocycles. The van der Waals surface area contributed by atoms with Crippen LogP contribution in [0.15, 0.2) is 54.6 Å². The Morgan fingerprint density at radius 1 is 1.00 bits per heavy atom. The zero-order valence-corrected chi connectivity index (χ0v) is 10.0. The molecular weight excluding hydrogens is 226 g/mol. The van der Waals surface area contributed by atoms with Gasteiger partial charge in [0.15, 0.2) is 0 Å². The summed E-state index contributed by atoms with van der Waals surface area (Å²) >= 11 is 0. The highest BCUT2D eigenvalue weighted by molar-refractivity contribution is 6.05. The Bertz CT molecular complexity index is 580. The summed E-state index contributed by atoms with van der Waals surface area (Å²) in [6, 6.07) is 17.5. The first-order valence-corrected chi connectivity index (χ1v) is 5.85. The van der Waals surface area contributed by atoms with Gasteiger partial charge in [0, 0.05) is 0 Å². The van der Waals surface area contributed by atoms with Crippen molar-refractivity contribution in [1.82, 2.24) is 0 Å². The molecule has 18 heavy (non-hydrogen) atoms. The minimum absolute atomic E-state index is 0.0371. The van der Waals surface area contributed by atoms with Gasteiger partial charge in [-0.25, -0.2) is 0 Å². The normalized spacial score (nSPS) is 17.9. The molecule has 0 saturated carbocycles. The number of hydroxylamine groups is 1. The maximum Gasteiger partial charge on any atom is 0.262 e. The van der Waals surface area contributed by atoms with Crippen LogP contribution in [0.25, 0.3) is 0 Å². The SMILES string of the molecule is CON1C(=O)[C@H](c2ccccc2)c2ccccc21. The monoisotopic (exact) mass is 239 g/mol. The Balaban J connectivity index is 2.15. The van der Waals surface area contributed by atoms with Gasteiger partial charge in [0.25, 0.3) is 5.91 Å². The van der Waals surface area contributed by atoms with Crippen LogP contribution in [0, 0.1) is 0 Å². The summed E-state index contributed by atoms with van der Waals surface area (Å²) in [6.45, 7) is 0. The summed E-state index contributed by atoms with van der Waals surface area (Å²) in [6.07, 6.45) is 0. The van der Waals surface area contributed by atoms with E-state index in [4.69, 9.17) is 4.84 Å². The van der Waals surface area contributed by atoms with Gasteiger partial charge >= 0.3 is 0 Å². The van der Waals surface area contributed by atoms with E-state index in [-0.39, 0.29) is 11.8 Å². The van der Waals surface area contributed by atoms with Gasteiger partial charge in [-0.3, -0.25) is 9.63 Å². The van der Waals surface area contributed by atoms with E-state index in [9.17, 15) is 4.79 Å². The Kier molecular flexibility index (Phi) is 2.61. The zero-order valence-electron chi connectivity index (χ0n) is 10.0. The fourth-order valence-electron chi connectivity index (χ4n) is 2.44. The lowest BCUT2D eigenvalue weighted by atomic mass is 9.93. The third kappa shape index (κ3) is 1.52. The first-order chi connectivity index (χ1) is 8.83. The van der Waals surface area contributed by atoms with E-state index in [1.807, 2.05) is 54.6 Å². The van der Waals surface area contributed by atoms with Gasteiger partial charge in [0.1, 0.15) is 0 Å². The second kappa shape index (κ2) is 4.27. The Morgan fingerprint density at radius 2 is 1.67 bits per heavy atom. The van der Waals surface area contributed by atoms with Crippen LogP contribution in [0.3, 0.4) is 0 Å². The summed E-state index contributed by atoms with van der Waals surface area (Å²) in [5.74, 6) is -0.299. The number of amides is 1. The van der Waals surface area contributed by atoms with Crippen molar-refractivity contribution in [2.24, 2.45) is 0 Å². The van der Waals surface area contributed by atoms with Crippen LogP contribution >= 0.6 is 0 Å². The molecule has 0 bridgehead atoms. The Morgan fingerprint density at radius 3 is 2.39 bits per heavy atom. The fraction of sp³-hybridized carbons (Fsp3) is 0.133. The van der Waals surface area contributed by atoms with Crippen LogP contribution in [0.5, 0.6) is 0 Å². The summed E-state index contributed by atoms with van der Waals surface area (Å²) in [5.41, 5.74) is 2.82. The van der Waals surface area contributed by atoms with E-state index < -0.39 is 0 Å². The lowest BCUT2D eigenvalue weighted by Crippen LogP contribution is -2.27. The van der Waals surface area contributed by atoms with E-state index in [1.54, 1.807) is 0 Å². The summed E-state index contributed by atoms with van der Waals surface area (Å²) in [7, 11) is 1.52. The molecule has 0 saturated heterocycles. The van der Waals surface area contributed by atoms with Crippen LogP contribution in [-0.2, 0) is 9.63 Å². The van der Waals surface area contributed by atoms with Crippen molar-refractivity contribution >= 4 is 11.6 Å². The maximum absolute atomic E-state index is 12.4. The number of anilines is 1. The Labute approximate surface area is 106 Å². The number of para-hydroxylation sites is 1. The van der Waals surface area contributed by atoms with Crippen LogP contribution < -0.4 is 5.06 Å². The van der Waals surface area contributed by atoms with E-state index in [1.165, 1.54) is 12.2 Å². The van der Waals surface area contributed by atoms with Crippen molar-refractivity contribution in [2.45, 2.75) is 5.92 Å². The zero-order chi connectivity index (χ0) is 12.5. The topological polar surface area (TPSA) is 29.5 Å². The van der Waals surface area contributed by atoms with Crippen molar-refractivity contribution in [3.05, 3.63) is 65.7 Å². The van der Waals surface area contributed by atoms with Gasteiger partial charge in [0.2, 0.25) is 0 Å². The molecule has 2 aromatic carbocycles. The molecule has 3 heteroatoms. The predicted molar refractivity (Wildman–Crippen MR) is 69.2 cm³/mol. The second-order valence-corrected chi connectivity index (χ2v) is 4.22. The number of benzene rings is 2.